The molecule has 2 heterocycles. The second-order valence-electron chi connectivity index (χ2n) is 8.39. The molecule has 0 aliphatic carbocycles. The summed E-state index contributed by atoms with van der Waals surface area (Å²) in [5, 5.41) is 9.50. The molecule has 0 atom stereocenters. The number of rotatable bonds is 6. The van der Waals surface area contributed by atoms with E-state index < -0.39 is 11.8 Å². The van der Waals surface area contributed by atoms with Crippen molar-refractivity contribution in [3.63, 3.8) is 0 Å². The van der Waals surface area contributed by atoms with Crippen molar-refractivity contribution in [3.8, 4) is 34.0 Å². The first-order chi connectivity index (χ1) is 17.9. The zero-order chi connectivity index (χ0) is 25.9. The highest BCUT2D eigenvalue weighted by molar-refractivity contribution is 7.12. The Morgan fingerprint density at radius 1 is 0.946 bits per heavy atom. The molecule has 37 heavy (non-hydrogen) atoms. The normalized spacial score (nSPS) is 10.8. The fourth-order valence-corrected chi connectivity index (χ4v) is 4.61. The number of hydrogen-bond acceptors (Lipinski definition) is 5. The van der Waals surface area contributed by atoms with E-state index in [9.17, 15) is 14.0 Å². The lowest BCUT2D eigenvalue weighted by atomic mass is 10.00. The Kier molecular flexibility index (Phi) is 6.66. The highest BCUT2D eigenvalue weighted by atomic mass is 32.1. The van der Waals surface area contributed by atoms with Gasteiger partial charge in [0, 0.05) is 18.2 Å². The molecule has 5 rings (SSSR count). The van der Waals surface area contributed by atoms with Gasteiger partial charge in [-0.25, -0.2) is 4.39 Å². The largest absolute Gasteiger partial charge is 0.407 e. The maximum atomic E-state index is 14.1. The van der Waals surface area contributed by atoms with Gasteiger partial charge in [-0.1, -0.05) is 48.0 Å². The van der Waals surface area contributed by atoms with E-state index in [1.807, 2.05) is 54.8 Å². The zero-order valence-electron chi connectivity index (χ0n) is 20.1. The fraction of sp³-hybridized carbons (Fsp3) is 0.0690. The molecule has 184 valence electrons. The summed E-state index contributed by atoms with van der Waals surface area (Å²) < 4.78 is 21.2. The van der Waals surface area contributed by atoms with Crippen LogP contribution in [0.3, 0.4) is 0 Å². The predicted octanol–water partition coefficient (Wildman–Crippen LogP) is 6.89. The molecule has 0 spiro atoms. The van der Waals surface area contributed by atoms with Gasteiger partial charge < -0.3 is 10.1 Å². The van der Waals surface area contributed by atoms with Gasteiger partial charge in [0.2, 0.25) is 5.88 Å². The summed E-state index contributed by atoms with van der Waals surface area (Å²) >= 11 is 1.36. The van der Waals surface area contributed by atoms with E-state index in [2.05, 4.69) is 5.32 Å². The second-order valence-corrected chi connectivity index (χ2v) is 9.34. The first-order valence-electron chi connectivity index (χ1n) is 11.5. The van der Waals surface area contributed by atoms with Crippen molar-refractivity contribution < 1.29 is 18.7 Å². The monoisotopic (exact) mass is 511 g/mol. The zero-order valence-corrected chi connectivity index (χ0v) is 20.9. The van der Waals surface area contributed by atoms with E-state index in [0.29, 0.717) is 33.1 Å². The number of anilines is 1. The van der Waals surface area contributed by atoms with Gasteiger partial charge in [0.15, 0.2) is 0 Å². The molecule has 2 aromatic heterocycles. The van der Waals surface area contributed by atoms with Gasteiger partial charge in [-0.15, -0.1) is 11.3 Å². The molecule has 0 bridgehead atoms. The summed E-state index contributed by atoms with van der Waals surface area (Å²) in [5.74, 6) is -0.992. The van der Waals surface area contributed by atoms with Gasteiger partial charge in [-0.05, 0) is 60.3 Å². The molecule has 1 amide bonds. The predicted molar refractivity (Wildman–Crippen MR) is 143 cm³/mol. The van der Waals surface area contributed by atoms with Crippen LogP contribution in [0.15, 0.2) is 90.3 Å². The van der Waals surface area contributed by atoms with Crippen molar-refractivity contribution in [3.05, 3.63) is 107 Å². The van der Waals surface area contributed by atoms with Crippen LogP contribution in [0.25, 0.3) is 28.1 Å². The van der Waals surface area contributed by atoms with Crippen molar-refractivity contribution in [2.24, 2.45) is 0 Å². The molecule has 8 heteroatoms. The van der Waals surface area contributed by atoms with Crippen molar-refractivity contribution >= 4 is 28.9 Å². The molecule has 0 radical (unpaired) electrons. The number of benzene rings is 3. The Hall–Kier alpha value is -4.56. The number of nitrogens with zero attached hydrogens (tertiary/aromatic N) is 2. The van der Waals surface area contributed by atoms with Gasteiger partial charge in [-0.2, -0.15) is 9.78 Å². The molecule has 0 aliphatic rings. The van der Waals surface area contributed by atoms with Crippen LogP contribution in [0, 0.1) is 12.7 Å². The number of carbonyl (C=O) groups excluding carboxylic acids is 2. The van der Waals surface area contributed by atoms with Crippen LogP contribution < -0.4 is 10.1 Å². The summed E-state index contributed by atoms with van der Waals surface area (Å²) in [5.41, 5.74) is 4.73. The Morgan fingerprint density at radius 3 is 2.41 bits per heavy atom. The average molecular weight is 512 g/mol. The van der Waals surface area contributed by atoms with Crippen LogP contribution in [-0.4, -0.2) is 21.7 Å². The molecule has 0 fully saturated rings. The molecule has 0 aliphatic heterocycles. The van der Waals surface area contributed by atoms with Crippen LogP contribution in [0.5, 0.6) is 5.88 Å². The molecular formula is C29H22FN3O3S. The van der Waals surface area contributed by atoms with E-state index in [1.165, 1.54) is 35.1 Å². The molecule has 5 aromatic rings. The van der Waals surface area contributed by atoms with Crippen LogP contribution in [0.1, 0.15) is 22.2 Å². The summed E-state index contributed by atoms with van der Waals surface area (Å²) in [6.07, 6.45) is 0. The Balaban J connectivity index is 1.65. The number of esters is 1. The minimum absolute atomic E-state index is 0.171. The molecule has 6 nitrogen and oxygen atoms in total. The van der Waals surface area contributed by atoms with Crippen LogP contribution >= 0.6 is 11.3 Å². The summed E-state index contributed by atoms with van der Waals surface area (Å²) in [4.78, 5) is 25.2. The standard InChI is InChI=1S/C29H22FN3O3S/c1-18-6-3-7-21(16-18)27-26(20-11-13-23(14-12-20)31-28(35)25-10-5-15-37-25)29(36-19(2)34)33(32-27)24-9-4-8-22(30)17-24/h3-17H,1-2H3,(H,31,35). The topological polar surface area (TPSA) is 73.2 Å². The third-order valence-corrected chi connectivity index (χ3v) is 6.47. The highest BCUT2D eigenvalue weighted by Gasteiger charge is 2.25. The Bertz CT molecular complexity index is 1590. The van der Waals surface area contributed by atoms with Crippen molar-refractivity contribution in [2.75, 3.05) is 5.32 Å². The van der Waals surface area contributed by atoms with Gasteiger partial charge in [0.25, 0.3) is 5.91 Å². The number of aromatic nitrogens is 2. The van der Waals surface area contributed by atoms with Crippen molar-refractivity contribution in [1.29, 1.82) is 0 Å². The molecule has 3 aromatic carbocycles. The number of carbonyl (C=O) groups is 2. The number of aryl methyl sites for hydroxylation is 1. The molecule has 0 saturated carbocycles. The number of amides is 1. The summed E-state index contributed by atoms with van der Waals surface area (Å²) in [6, 6.07) is 24.5. The number of hydrogen-bond donors (Lipinski definition) is 1. The third kappa shape index (κ3) is 5.19. The van der Waals surface area contributed by atoms with Crippen LogP contribution in [0.4, 0.5) is 10.1 Å². The first kappa shape index (κ1) is 24.1. The van der Waals surface area contributed by atoms with Gasteiger partial charge >= 0.3 is 5.97 Å². The van der Waals surface area contributed by atoms with E-state index in [4.69, 9.17) is 9.84 Å². The lowest BCUT2D eigenvalue weighted by molar-refractivity contribution is -0.132. The van der Waals surface area contributed by atoms with Gasteiger partial charge in [0.05, 0.1) is 16.1 Å². The summed E-state index contributed by atoms with van der Waals surface area (Å²) in [7, 11) is 0. The number of nitrogens with one attached hydrogen (secondary N) is 1. The van der Waals surface area contributed by atoms with E-state index in [-0.39, 0.29) is 11.8 Å². The fourth-order valence-electron chi connectivity index (χ4n) is 3.99. The lowest BCUT2D eigenvalue weighted by Gasteiger charge is -2.10. The molecular weight excluding hydrogens is 489 g/mol. The SMILES string of the molecule is CC(=O)Oc1c(-c2ccc(NC(=O)c3cccs3)cc2)c(-c2cccc(C)c2)nn1-c1cccc(F)c1. The minimum atomic E-state index is -0.533. The highest BCUT2D eigenvalue weighted by Crippen LogP contribution is 2.41. The number of halogens is 1. The van der Waals surface area contributed by atoms with Crippen LogP contribution in [-0.2, 0) is 4.79 Å². The molecule has 0 saturated heterocycles. The van der Waals surface area contributed by atoms with Crippen molar-refractivity contribution in [1.82, 2.24) is 9.78 Å². The second kappa shape index (κ2) is 10.2. The Morgan fingerprint density at radius 2 is 1.73 bits per heavy atom. The van der Waals surface area contributed by atoms with Crippen molar-refractivity contribution in [2.45, 2.75) is 13.8 Å². The molecule has 0 unspecified atom stereocenters. The Labute approximate surface area is 217 Å². The maximum absolute atomic E-state index is 14.1. The first-order valence-corrected chi connectivity index (χ1v) is 12.4. The van der Waals surface area contributed by atoms with Gasteiger partial charge in [0.1, 0.15) is 11.5 Å². The lowest BCUT2D eigenvalue weighted by Crippen LogP contribution is -2.10. The van der Waals surface area contributed by atoms with E-state index in [1.54, 1.807) is 30.3 Å². The number of thiophene rings is 1. The molecule has 1 N–H and O–H groups in total. The smallest absolute Gasteiger partial charge is 0.309 e. The quantitative estimate of drug-likeness (QED) is 0.252. The third-order valence-electron chi connectivity index (χ3n) is 5.60. The summed E-state index contributed by atoms with van der Waals surface area (Å²) in [6.45, 7) is 3.28. The maximum Gasteiger partial charge on any atom is 0.309 e. The van der Waals surface area contributed by atoms with Gasteiger partial charge in [-0.3, -0.25) is 9.59 Å². The van der Waals surface area contributed by atoms with E-state index >= 15 is 0 Å². The van der Waals surface area contributed by atoms with Crippen LogP contribution in [0.2, 0.25) is 0 Å². The minimum Gasteiger partial charge on any atom is -0.407 e. The van der Waals surface area contributed by atoms with E-state index in [0.717, 1.165) is 11.1 Å². The number of ether oxygens (including phenoxy) is 1. The average Bonchev–Trinajstić information content (AvgIpc) is 3.53.